The maximum Gasteiger partial charge on any atom is 0.338 e. The summed E-state index contributed by atoms with van der Waals surface area (Å²) in [5.41, 5.74) is 2.03. The SMILES string of the molecule is Cc1cc(C(=O)Nc2sc(C)c(C)c2C(=O)O)ccn1. The molecule has 0 aromatic carbocycles. The molecule has 20 heavy (non-hydrogen) atoms. The number of aryl methyl sites for hydroxylation is 2. The van der Waals surface area contributed by atoms with Gasteiger partial charge >= 0.3 is 5.97 Å². The van der Waals surface area contributed by atoms with Gasteiger partial charge in [0, 0.05) is 22.3 Å². The summed E-state index contributed by atoms with van der Waals surface area (Å²) in [6.07, 6.45) is 1.55. The van der Waals surface area contributed by atoms with Crippen LogP contribution in [0, 0.1) is 20.8 Å². The molecule has 0 unspecified atom stereocenters. The lowest BCUT2D eigenvalue weighted by Gasteiger charge is -2.05. The number of nitrogens with one attached hydrogen (secondary N) is 1. The topological polar surface area (TPSA) is 79.3 Å². The number of carboxylic acid groups (broad SMARTS) is 1. The summed E-state index contributed by atoms with van der Waals surface area (Å²) >= 11 is 1.27. The van der Waals surface area contributed by atoms with Crippen LogP contribution < -0.4 is 5.32 Å². The zero-order valence-electron chi connectivity index (χ0n) is 11.4. The van der Waals surface area contributed by atoms with Crippen LogP contribution in [0.2, 0.25) is 0 Å². The van der Waals surface area contributed by atoms with Gasteiger partial charge in [-0.25, -0.2) is 4.79 Å². The van der Waals surface area contributed by atoms with E-state index in [0.29, 0.717) is 16.1 Å². The standard InChI is InChI=1S/C14H14N2O3S/c1-7-6-10(4-5-15-7)12(17)16-13-11(14(18)19)8(2)9(3)20-13/h4-6H,1-3H3,(H,16,17)(H,18,19). The maximum absolute atomic E-state index is 12.1. The van der Waals surface area contributed by atoms with E-state index in [1.165, 1.54) is 11.3 Å². The number of pyridine rings is 1. The van der Waals surface area contributed by atoms with E-state index in [9.17, 15) is 14.7 Å². The highest BCUT2D eigenvalue weighted by Gasteiger charge is 2.20. The number of amides is 1. The molecule has 2 aromatic rings. The average molecular weight is 290 g/mol. The number of hydrogen-bond donors (Lipinski definition) is 2. The maximum atomic E-state index is 12.1. The molecule has 0 saturated carbocycles. The molecule has 2 aromatic heterocycles. The summed E-state index contributed by atoms with van der Waals surface area (Å²) in [6.45, 7) is 5.36. The van der Waals surface area contributed by atoms with Crippen molar-refractivity contribution in [1.82, 2.24) is 4.98 Å². The van der Waals surface area contributed by atoms with Crippen molar-refractivity contribution >= 4 is 28.2 Å². The van der Waals surface area contributed by atoms with Crippen molar-refractivity contribution < 1.29 is 14.7 Å². The van der Waals surface area contributed by atoms with Crippen LogP contribution in [-0.2, 0) is 0 Å². The van der Waals surface area contributed by atoms with Crippen LogP contribution >= 0.6 is 11.3 Å². The van der Waals surface area contributed by atoms with Gasteiger partial charge < -0.3 is 10.4 Å². The first-order valence-corrected chi connectivity index (χ1v) is 6.79. The second-order valence-electron chi connectivity index (χ2n) is 4.43. The summed E-state index contributed by atoms with van der Waals surface area (Å²) < 4.78 is 0. The summed E-state index contributed by atoms with van der Waals surface area (Å²) in [4.78, 5) is 28.3. The van der Waals surface area contributed by atoms with Crippen molar-refractivity contribution in [2.24, 2.45) is 0 Å². The molecule has 0 radical (unpaired) electrons. The molecule has 1 amide bonds. The van der Waals surface area contributed by atoms with Crippen molar-refractivity contribution in [2.45, 2.75) is 20.8 Å². The van der Waals surface area contributed by atoms with Crippen LogP contribution in [-0.4, -0.2) is 22.0 Å². The van der Waals surface area contributed by atoms with Crippen LogP contribution in [0.1, 0.15) is 36.9 Å². The van der Waals surface area contributed by atoms with Crippen molar-refractivity contribution in [3.05, 3.63) is 45.6 Å². The predicted octanol–water partition coefficient (Wildman–Crippen LogP) is 3.02. The Morgan fingerprint density at radius 3 is 2.60 bits per heavy atom. The average Bonchev–Trinajstić information content (AvgIpc) is 2.64. The number of carboxylic acids is 1. The quantitative estimate of drug-likeness (QED) is 0.910. The van der Waals surface area contributed by atoms with Crippen LogP contribution in [0.5, 0.6) is 0 Å². The largest absolute Gasteiger partial charge is 0.478 e. The van der Waals surface area contributed by atoms with Crippen molar-refractivity contribution in [1.29, 1.82) is 0 Å². The Hall–Kier alpha value is -2.21. The Morgan fingerprint density at radius 2 is 2.00 bits per heavy atom. The molecule has 2 N–H and O–H groups in total. The third-order valence-electron chi connectivity index (χ3n) is 2.99. The molecule has 0 aliphatic carbocycles. The van der Waals surface area contributed by atoms with Gasteiger partial charge in [-0.1, -0.05) is 0 Å². The molecule has 0 atom stereocenters. The minimum absolute atomic E-state index is 0.159. The van der Waals surface area contributed by atoms with Gasteiger partial charge in [0.25, 0.3) is 5.91 Å². The van der Waals surface area contributed by atoms with Gasteiger partial charge in [0.1, 0.15) is 5.00 Å². The zero-order valence-corrected chi connectivity index (χ0v) is 12.2. The van der Waals surface area contributed by atoms with Gasteiger partial charge in [0.2, 0.25) is 0 Å². The predicted molar refractivity (Wildman–Crippen MR) is 77.7 cm³/mol. The van der Waals surface area contributed by atoms with Gasteiger partial charge in [-0.2, -0.15) is 0 Å². The van der Waals surface area contributed by atoms with E-state index in [1.807, 2.05) is 6.92 Å². The number of hydrogen-bond acceptors (Lipinski definition) is 4. The Morgan fingerprint density at radius 1 is 1.30 bits per heavy atom. The Bertz CT molecular complexity index is 692. The molecule has 0 aliphatic rings. The minimum atomic E-state index is -1.03. The number of thiophene rings is 1. The third-order valence-corrected chi connectivity index (χ3v) is 4.11. The summed E-state index contributed by atoms with van der Waals surface area (Å²) in [7, 11) is 0. The molecule has 0 aliphatic heterocycles. The molecule has 0 bridgehead atoms. The fourth-order valence-corrected chi connectivity index (χ4v) is 2.88. The summed E-state index contributed by atoms with van der Waals surface area (Å²) in [6, 6.07) is 3.25. The van der Waals surface area contributed by atoms with Gasteiger partial charge in [-0.3, -0.25) is 9.78 Å². The number of carbonyl (C=O) groups excluding carboxylic acids is 1. The molecule has 5 nitrogen and oxygen atoms in total. The molecule has 0 fully saturated rings. The molecule has 2 heterocycles. The molecule has 2 rings (SSSR count). The van der Waals surface area contributed by atoms with Crippen molar-refractivity contribution in [3.63, 3.8) is 0 Å². The number of nitrogens with zero attached hydrogens (tertiary/aromatic N) is 1. The highest BCUT2D eigenvalue weighted by molar-refractivity contribution is 7.16. The first-order chi connectivity index (χ1) is 9.40. The van der Waals surface area contributed by atoms with Gasteiger partial charge in [-0.15, -0.1) is 11.3 Å². The van der Waals surface area contributed by atoms with E-state index >= 15 is 0 Å². The molecule has 104 valence electrons. The highest BCUT2D eigenvalue weighted by atomic mass is 32.1. The Labute approximate surface area is 120 Å². The molecule has 0 saturated heterocycles. The zero-order chi connectivity index (χ0) is 14.9. The van der Waals surface area contributed by atoms with Gasteiger partial charge in [0.15, 0.2) is 0 Å². The second kappa shape index (κ2) is 5.42. The lowest BCUT2D eigenvalue weighted by molar-refractivity contribution is 0.0697. The number of carbonyl (C=O) groups is 2. The molecular weight excluding hydrogens is 276 g/mol. The smallest absolute Gasteiger partial charge is 0.338 e. The van der Waals surface area contributed by atoms with E-state index in [1.54, 1.807) is 32.2 Å². The van der Waals surface area contributed by atoms with Gasteiger partial charge in [0.05, 0.1) is 5.56 Å². The summed E-state index contributed by atoms with van der Waals surface area (Å²) in [5, 5.41) is 12.3. The van der Waals surface area contributed by atoms with Crippen LogP contribution in [0.4, 0.5) is 5.00 Å². The summed E-state index contributed by atoms with van der Waals surface area (Å²) in [5.74, 6) is -1.37. The van der Waals surface area contributed by atoms with E-state index in [0.717, 1.165) is 10.6 Å². The lowest BCUT2D eigenvalue weighted by Crippen LogP contribution is -2.13. The Balaban J connectivity index is 2.33. The van der Waals surface area contributed by atoms with Crippen LogP contribution in [0.3, 0.4) is 0 Å². The lowest BCUT2D eigenvalue weighted by atomic mass is 10.1. The Kier molecular flexibility index (Phi) is 3.85. The van der Waals surface area contributed by atoms with E-state index in [-0.39, 0.29) is 11.5 Å². The van der Waals surface area contributed by atoms with E-state index in [2.05, 4.69) is 10.3 Å². The second-order valence-corrected chi connectivity index (χ2v) is 5.66. The van der Waals surface area contributed by atoms with Crippen molar-refractivity contribution in [2.75, 3.05) is 5.32 Å². The third kappa shape index (κ3) is 2.70. The number of anilines is 1. The van der Waals surface area contributed by atoms with E-state index < -0.39 is 5.97 Å². The van der Waals surface area contributed by atoms with Crippen LogP contribution in [0.25, 0.3) is 0 Å². The number of rotatable bonds is 3. The first kappa shape index (κ1) is 14.2. The number of aromatic nitrogens is 1. The normalized spacial score (nSPS) is 10.3. The monoisotopic (exact) mass is 290 g/mol. The van der Waals surface area contributed by atoms with E-state index in [4.69, 9.17) is 0 Å². The minimum Gasteiger partial charge on any atom is -0.478 e. The fraction of sp³-hybridized carbons (Fsp3) is 0.214. The fourth-order valence-electron chi connectivity index (χ4n) is 1.83. The van der Waals surface area contributed by atoms with Crippen molar-refractivity contribution in [3.8, 4) is 0 Å². The first-order valence-electron chi connectivity index (χ1n) is 5.97. The molecular formula is C14H14N2O3S. The highest BCUT2D eigenvalue weighted by Crippen LogP contribution is 2.32. The van der Waals surface area contributed by atoms with Gasteiger partial charge in [-0.05, 0) is 38.5 Å². The van der Waals surface area contributed by atoms with Crippen LogP contribution in [0.15, 0.2) is 18.3 Å². The molecule has 0 spiro atoms. The molecule has 6 heteroatoms. The number of aromatic carboxylic acids is 1.